The average Bonchev–Trinajstić information content (AvgIpc) is 2.36. The molecular weight excluding hydrogens is 286 g/mol. The Morgan fingerprint density at radius 1 is 1.29 bits per heavy atom. The zero-order valence-electron chi connectivity index (χ0n) is 13.3. The molecule has 0 aromatic carbocycles. The van der Waals surface area contributed by atoms with E-state index >= 15 is 0 Å². The standard InChI is InChI=1S/C15H25N3O2S/c1-12-9-13(11-17-15(2,3)4)10-16-14(12)18-5-7-21(19,20)8-6-18/h9-10,17H,5-8,11H2,1-4H3. The van der Waals surface area contributed by atoms with Crippen molar-refractivity contribution in [3.63, 3.8) is 0 Å². The summed E-state index contributed by atoms with van der Waals surface area (Å²) in [5, 5.41) is 3.44. The summed E-state index contributed by atoms with van der Waals surface area (Å²) in [6, 6.07) is 2.13. The summed E-state index contributed by atoms with van der Waals surface area (Å²) in [6.45, 7) is 10.3. The molecule has 0 spiro atoms. The first-order chi connectivity index (χ1) is 9.66. The van der Waals surface area contributed by atoms with Gasteiger partial charge >= 0.3 is 0 Å². The molecule has 2 heterocycles. The Morgan fingerprint density at radius 3 is 2.43 bits per heavy atom. The number of aryl methyl sites for hydroxylation is 1. The largest absolute Gasteiger partial charge is 0.354 e. The van der Waals surface area contributed by atoms with E-state index < -0.39 is 9.84 Å². The molecule has 118 valence electrons. The third-order valence-corrected chi connectivity index (χ3v) is 5.18. The smallest absolute Gasteiger partial charge is 0.153 e. The van der Waals surface area contributed by atoms with Crippen LogP contribution in [0.25, 0.3) is 0 Å². The summed E-state index contributed by atoms with van der Waals surface area (Å²) in [4.78, 5) is 6.61. The van der Waals surface area contributed by atoms with Gasteiger partial charge in [0.2, 0.25) is 0 Å². The van der Waals surface area contributed by atoms with Gasteiger partial charge < -0.3 is 10.2 Å². The summed E-state index contributed by atoms with van der Waals surface area (Å²) in [6.07, 6.45) is 1.88. The predicted molar refractivity (Wildman–Crippen MR) is 86.4 cm³/mol. The molecule has 0 amide bonds. The number of pyridine rings is 1. The Bertz CT molecular complexity index is 592. The molecule has 0 saturated carbocycles. The highest BCUT2D eigenvalue weighted by molar-refractivity contribution is 7.91. The van der Waals surface area contributed by atoms with Gasteiger partial charge in [0.05, 0.1) is 11.5 Å². The highest BCUT2D eigenvalue weighted by Crippen LogP contribution is 2.20. The van der Waals surface area contributed by atoms with Crippen LogP contribution < -0.4 is 10.2 Å². The Kier molecular flexibility index (Phi) is 4.58. The molecule has 0 aliphatic carbocycles. The van der Waals surface area contributed by atoms with E-state index in [0.29, 0.717) is 13.1 Å². The van der Waals surface area contributed by atoms with Gasteiger partial charge in [-0.3, -0.25) is 0 Å². The number of anilines is 1. The van der Waals surface area contributed by atoms with Crippen molar-refractivity contribution >= 4 is 15.7 Å². The second kappa shape index (κ2) is 5.93. The number of sulfone groups is 1. The molecule has 6 heteroatoms. The fraction of sp³-hybridized carbons (Fsp3) is 0.667. The summed E-state index contributed by atoms with van der Waals surface area (Å²) in [7, 11) is -2.85. The minimum Gasteiger partial charge on any atom is -0.354 e. The fourth-order valence-electron chi connectivity index (χ4n) is 2.34. The van der Waals surface area contributed by atoms with E-state index in [1.165, 1.54) is 0 Å². The van der Waals surface area contributed by atoms with Crippen molar-refractivity contribution in [2.75, 3.05) is 29.5 Å². The van der Waals surface area contributed by atoms with E-state index in [1.54, 1.807) is 0 Å². The number of aromatic nitrogens is 1. The normalized spacial score (nSPS) is 18.8. The maximum absolute atomic E-state index is 11.5. The van der Waals surface area contributed by atoms with Crippen LogP contribution in [0.5, 0.6) is 0 Å². The Hall–Kier alpha value is -1.14. The molecule has 1 fully saturated rings. The van der Waals surface area contributed by atoms with Crippen LogP contribution in [0, 0.1) is 6.92 Å². The molecule has 1 aliphatic rings. The van der Waals surface area contributed by atoms with E-state index in [0.717, 1.165) is 23.5 Å². The summed E-state index contributed by atoms with van der Waals surface area (Å²) < 4.78 is 23.0. The lowest BCUT2D eigenvalue weighted by Crippen LogP contribution is -2.41. The number of hydrogen-bond donors (Lipinski definition) is 1. The maximum Gasteiger partial charge on any atom is 0.153 e. The Morgan fingerprint density at radius 2 is 1.90 bits per heavy atom. The molecule has 0 radical (unpaired) electrons. The van der Waals surface area contributed by atoms with Crippen LogP contribution >= 0.6 is 0 Å². The monoisotopic (exact) mass is 311 g/mol. The van der Waals surface area contributed by atoms with E-state index in [4.69, 9.17) is 0 Å². The number of rotatable bonds is 3. The van der Waals surface area contributed by atoms with Crippen LogP contribution in [0.1, 0.15) is 31.9 Å². The lowest BCUT2D eigenvalue weighted by molar-refractivity contribution is 0.424. The molecule has 1 aromatic heterocycles. The number of nitrogens with zero attached hydrogens (tertiary/aromatic N) is 2. The third kappa shape index (κ3) is 4.68. The van der Waals surface area contributed by atoms with Crippen LogP contribution in [0.4, 0.5) is 5.82 Å². The Balaban J connectivity index is 2.06. The van der Waals surface area contributed by atoms with Crippen LogP contribution in [-0.2, 0) is 16.4 Å². The van der Waals surface area contributed by atoms with Gasteiger partial charge in [-0.05, 0) is 44.9 Å². The molecule has 5 nitrogen and oxygen atoms in total. The highest BCUT2D eigenvalue weighted by atomic mass is 32.2. The minimum absolute atomic E-state index is 0.0772. The second-order valence-electron chi connectivity index (χ2n) is 6.73. The van der Waals surface area contributed by atoms with Crippen molar-refractivity contribution < 1.29 is 8.42 Å². The molecule has 0 atom stereocenters. The van der Waals surface area contributed by atoms with Crippen molar-refractivity contribution in [2.45, 2.75) is 39.8 Å². The fourth-order valence-corrected chi connectivity index (χ4v) is 3.55. The average molecular weight is 311 g/mol. The predicted octanol–water partition coefficient (Wildman–Crippen LogP) is 1.51. The van der Waals surface area contributed by atoms with Gasteiger partial charge in [-0.15, -0.1) is 0 Å². The van der Waals surface area contributed by atoms with E-state index in [2.05, 4.69) is 42.0 Å². The first kappa shape index (κ1) is 16.2. The summed E-state index contributed by atoms with van der Waals surface area (Å²) in [5.41, 5.74) is 2.33. The van der Waals surface area contributed by atoms with Crippen molar-refractivity contribution in [3.05, 3.63) is 23.4 Å². The van der Waals surface area contributed by atoms with Crippen molar-refractivity contribution in [2.24, 2.45) is 0 Å². The van der Waals surface area contributed by atoms with Crippen LogP contribution in [0.2, 0.25) is 0 Å². The molecule has 21 heavy (non-hydrogen) atoms. The first-order valence-corrected chi connectivity index (χ1v) is 9.14. The summed E-state index contributed by atoms with van der Waals surface area (Å²) in [5.74, 6) is 1.35. The Labute approximate surface area is 127 Å². The SMILES string of the molecule is Cc1cc(CNC(C)(C)C)cnc1N1CCS(=O)(=O)CC1. The molecule has 0 bridgehead atoms. The highest BCUT2D eigenvalue weighted by Gasteiger charge is 2.23. The van der Waals surface area contributed by atoms with Crippen molar-refractivity contribution in [1.29, 1.82) is 0 Å². The quantitative estimate of drug-likeness (QED) is 0.917. The van der Waals surface area contributed by atoms with Crippen LogP contribution in [-0.4, -0.2) is 43.5 Å². The van der Waals surface area contributed by atoms with Gasteiger partial charge in [-0.1, -0.05) is 0 Å². The minimum atomic E-state index is -2.85. The van der Waals surface area contributed by atoms with E-state index in [-0.39, 0.29) is 17.0 Å². The topological polar surface area (TPSA) is 62.3 Å². The molecule has 1 aromatic rings. The van der Waals surface area contributed by atoms with E-state index in [9.17, 15) is 8.42 Å². The van der Waals surface area contributed by atoms with Gasteiger partial charge in [0.25, 0.3) is 0 Å². The van der Waals surface area contributed by atoms with Gasteiger partial charge in [0, 0.05) is 31.4 Å². The molecule has 1 saturated heterocycles. The first-order valence-electron chi connectivity index (χ1n) is 7.32. The van der Waals surface area contributed by atoms with Crippen molar-refractivity contribution in [1.82, 2.24) is 10.3 Å². The van der Waals surface area contributed by atoms with Gasteiger partial charge in [0.15, 0.2) is 9.84 Å². The lowest BCUT2D eigenvalue weighted by atomic mass is 10.1. The molecule has 2 rings (SSSR count). The second-order valence-corrected chi connectivity index (χ2v) is 9.03. The van der Waals surface area contributed by atoms with E-state index in [1.807, 2.05) is 13.1 Å². The third-order valence-electron chi connectivity index (χ3n) is 3.57. The molecule has 1 aliphatic heterocycles. The van der Waals surface area contributed by atoms with Crippen LogP contribution in [0.15, 0.2) is 12.3 Å². The van der Waals surface area contributed by atoms with Gasteiger partial charge in [-0.2, -0.15) is 0 Å². The molecular formula is C15H25N3O2S. The summed E-state index contributed by atoms with van der Waals surface area (Å²) >= 11 is 0. The zero-order valence-corrected chi connectivity index (χ0v) is 14.1. The molecule has 0 unspecified atom stereocenters. The number of hydrogen-bond acceptors (Lipinski definition) is 5. The maximum atomic E-state index is 11.5. The van der Waals surface area contributed by atoms with Crippen LogP contribution in [0.3, 0.4) is 0 Å². The van der Waals surface area contributed by atoms with Gasteiger partial charge in [-0.25, -0.2) is 13.4 Å². The number of nitrogens with one attached hydrogen (secondary N) is 1. The molecule has 1 N–H and O–H groups in total. The lowest BCUT2D eigenvalue weighted by Gasteiger charge is -2.29. The van der Waals surface area contributed by atoms with Gasteiger partial charge in [0.1, 0.15) is 5.82 Å². The zero-order chi connectivity index (χ0) is 15.7. The van der Waals surface area contributed by atoms with Crippen molar-refractivity contribution in [3.8, 4) is 0 Å².